The minimum absolute atomic E-state index is 0.537. The van der Waals surface area contributed by atoms with Crippen molar-refractivity contribution in [3.63, 3.8) is 0 Å². The third-order valence-corrected chi connectivity index (χ3v) is 2.11. The van der Waals surface area contributed by atoms with Crippen molar-refractivity contribution in [3.05, 3.63) is 29.6 Å². The molecule has 0 aliphatic rings. The van der Waals surface area contributed by atoms with E-state index in [2.05, 4.69) is 10.1 Å². The number of halogens is 6. The second-order valence-electron chi connectivity index (χ2n) is 3.55. The first kappa shape index (κ1) is 15.9. The molecule has 0 atom stereocenters. The number of carbonyl (C=O) groups excluding carboxylic acids is 1. The molecule has 0 bridgehead atoms. The van der Waals surface area contributed by atoms with Crippen molar-refractivity contribution >= 4 is 11.6 Å². The van der Waals surface area contributed by atoms with Gasteiger partial charge in [-0.25, -0.2) is 5.43 Å². The van der Waals surface area contributed by atoms with E-state index in [0.29, 0.717) is 19.2 Å². The van der Waals surface area contributed by atoms with Gasteiger partial charge in [-0.3, -0.25) is 9.78 Å². The molecule has 0 unspecified atom stereocenters. The molecule has 0 aromatic carbocycles. The summed E-state index contributed by atoms with van der Waals surface area (Å²) in [6.07, 6.45) is -8.21. The standard InChI is InChI=1S/C10H7F6N3O/c1-5(9(11,12)13)18-19-8(20)6-4-17-3-2-7(6)10(14,15)16/h2-4H,1H3,(H,19,20). The van der Waals surface area contributed by atoms with Gasteiger partial charge in [-0.1, -0.05) is 0 Å². The summed E-state index contributed by atoms with van der Waals surface area (Å²) in [5.41, 5.74) is -2.23. The van der Waals surface area contributed by atoms with Crippen molar-refractivity contribution in [3.8, 4) is 0 Å². The topological polar surface area (TPSA) is 54.4 Å². The molecule has 0 fully saturated rings. The first-order chi connectivity index (χ1) is 9.03. The normalized spacial score (nSPS) is 13.2. The molecule has 0 spiro atoms. The first-order valence-corrected chi connectivity index (χ1v) is 4.96. The summed E-state index contributed by atoms with van der Waals surface area (Å²) in [6.45, 7) is 0.564. The highest BCUT2D eigenvalue weighted by Gasteiger charge is 2.36. The van der Waals surface area contributed by atoms with E-state index >= 15 is 0 Å². The maximum atomic E-state index is 12.6. The summed E-state index contributed by atoms with van der Waals surface area (Å²) < 4.78 is 74.0. The Labute approximate surface area is 108 Å². The molecule has 1 rings (SSSR count). The Morgan fingerprint density at radius 3 is 2.35 bits per heavy atom. The molecule has 4 nitrogen and oxygen atoms in total. The van der Waals surface area contributed by atoms with Gasteiger partial charge in [0.05, 0.1) is 11.1 Å². The number of aromatic nitrogens is 1. The molecule has 1 aromatic heterocycles. The highest BCUT2D eigenvalue weighted by molar-refractivity contribution is 5.97. The summed E-state index contributed by atoms with van der Waals surface area (Å²) in [7, 11) is 0. The molecule has 1 N–H and O–H groups in total. The van der Waals surface area contributed by atoms with Crippen LogP contribution in [0.25, 0.3) is 0 Å². The number of amides is 1. The van der Waals surface area contributed by atoms with Crippen molar-refractivity contribution < 1.29 is 31.1 Å². The van der Waals surface area contributed by atoms with Gasteiger partial charge >= 0.3 is 12.4 Å². The van der Waals surface area contributed by atoms with E-state index in [1.807, 2.05) is 0 Å². The van der Waals surface area contributed by atoms with Gasteiger partial charge in [-0.2, -0.15) is 31.4 Å². The maximum Gasteiger partial charge on any atom is 0.430 e. The Bertz CT molecular complexity index is 535. The molecule has 20 heavy (non-hydrogen) atoms. The Hall–Kier alpha value is -2.13. The Morgan fingerprint density at radius 2 is 1.85 bits per heavy atom. The third kappa shape index (κ3) is 3.93. The van der Waals surface area contributed by atoms with Gasteiger partial charge in [0.15, 0.2) is 0 Å². The number of rotatable bonds is 2. The second-order valence-corrected chi connectivity index (χ2v) is 3.55. The van der Waals surface area contributed by atoms with Crippen molar-refractivity contribution in [1.82, 2.24) is 10.4 Å². The van der Waals surface area contributed by atoms with E-state index in [1.165, 1.54) is 5.43 Å². The number of pyridine rings is 1. The van der Waals surface area contributed by atoms with E-state index in [9.17, 15) is 31.1 Å². The fourth-order valence-electron chi connectivity index (χ4n) is 1.08. The molecule has 1 heterocycles. The number of nitrogens with zero attached hydrogens (tertiary/aromatic N) is 2. The monoisotopic (exact) mass is 299 g/mol. The van der Waals surface area contributed by atoms with Crippen LogP contribution in [0.4, 0.5) is 26.3 Å². The Balaban J connectivity index is 3.01. The fraction of sp³-hybridized carbons (Fsp3) is 0.300. The summed E-state index contributed by atoms with van der Waals surface area (Å²) in [4.78, 5) is 14.7. The van der Waals surface area contributed by atoms with Crippen LogP contribution in [-0.4, -0.2) is 22.8 Å². The minimum Gasteiger partial charge on any atom is -0.267 e. The first-order valence-electron chi connectivity index (χ1n) is 4.96. The average Bonchev–Trinajstić information content (AvgIpc) is 2.33. The van der Waals surface area contributed by atoms with Crippen LogP contribution in [0.2, 0.25) is 0 Å². The molecule has 110 valence electrons. The van der Waals surface area contributed by atoms with Gasteiger partial charge in [-0.05, 0) is 13.0 Å². The molecule has 0 radical (unpaired) electrons. The molecule has 0 aliphatic heterocycles. The lowest BCUT2D eigenvalue weighted by Crippen LogP contribution is -2.27. The smallest absolute Gasteiger partial charge is 0.267 e. The number of carbonyl (C=O) groups is 1. The predicted molar refractivity (Wildman–Crippen MR) is 55.9 cm³/mol. The summed E-state index contributed by atoms with van der Waals surface area (Å²) in [5.74, 6) is -1.44. The number of hydrogen-bond donors (Lipinski definition) is 1. The van der Waals surface area contributed by atoms with Gasteiger partial charge < -0.3 is 0 Å². The molecule has 10 heteroatoms. The van der Waals surface area contributed by atoms with E-state index in [4.69, 9.17) is 0 Å². The largest absolute Gasteiger partial charge is 0.430 e. The van der Waals surface area contributed by atoms with Crippen LogP contribution in [0.3, 0.4) is 0 Å². The molecule has 0 saturated heterocycles. The zero-order valence-electron chi connectivity index (χ0n) is 9.80. The third-order valence-electron chi connectivity index (χ3n) is 2.11. The average molecular weight is 299 g/mol. The lowest BCUT2D eigenvalue weighted by Gasteiger charge is -2.11. The van der Waals surface area contributed by atoms with Gasteiger partial charge in [0.2, 0.25) is 0 Å². The van der Waals surface area contributed by atoms with Crippen LogP contribution in [-0.2, 0) is 6.18 Å². The Morgan fingerprint density at radius 1 is 1.25 bits per heavy atom. The molecular weight excluding hydrogens is 292 g/mol. The highest BCUT2D eigenvalue weighted by atomic mass is 19.4. The Kier molecular flexibility index (Phi) is 4.36. The van der Waals surface area contributed by atoms with Crippen LogP contribution >= 0.6 is 0 Å². The van der Waals surface area contributed by atoms with Crippen LogP contribution in [0.15, 0.2) is 23.6 Å². The van der Waals surface area contributed by atoms with Crippen molar-refractivity contribution in [2.45, 2.75) is 19.3 Å². The highest BCUT2D eigenvalue weighted by Crippen LogP contribution is 2.31. The summed E-state index contributed by atoms with van der Waals surface area (Å²) >= 11 is 0. The van der Waals surface area contributed by atoms with Crippen LogP contribution in [0.5, 0.6) is 0 Å². The number of nitrogens with one attached hydrogen (secondary N) is 1. The van der Waals surface area contributed by atoms with E-state index < -0.39 is 35.1 Å². The minimum atomic E-state index is -4.83. The maximum absolute atomic E-state index is 12.6. The number of hydrazone groups is 1. The predicted octanol–water partition coefficient (Wildman–Crippen LogP) is 2.77. The van der Waals surface area contributed by atoms with Gasteiger partial charge in [-0.15, -0.1) is 0 Å². The lowest BCUT2D eigenvalue weighted by molar-refractivity contribution is -0.138. The SMILES string of the molecule is CC(=NNC(=O)c1cnccc1C(F)(F)F)C(F)(F)F. The molecule has 0 saturated carbocycles. The lowest BCUT2D eigenvalue weighted by atomic mass is 10.1. The second kappa shape index (κ2) is 5.47. The molecule has 1 aromatic rings. The van der Waals surface area contributed by atoms with Crippen LogP contribution < -0.4 is 5.43 Å². The van der Waals surface area contributed by atoms with E-state index in [-0.39, 0.29) is 0 Å². The summed E-state index contributed by atoms with van der Waals surface area (Å²) in [6, 6.07) is 0.537. The van der Waals surface area contributed by atoms with Gasteiger partial charge in [0.25, 0.3) is 5.91 Å². The zero-order valence-corrected chi connectivity index (χ0v) is 9.80. The zero-order chi connectivity index (χ0) is 15.6. The van der Waals surface area contributed by atoms with E-state index in [1.54, 1.807) is 0 Å². The van der Waals surface area contributed by atoms with Crippen molar-refractivity contribution in [1.29, 1.82) is 0 Å². The fourth-order valence-corrected chi connectivity index (χ4v) is 1.08. The molecular formula is C10H7F6N3O. The quantitative estimate of drug-likeness (QED) is 0.518. The number of hydrogen-bond acceptors (Lipinski definition) is 3. The van der Waals surface area contributed by atoms with Gasteiger partial charge in [0, 0.05) is 12.4 Å². The van der Waals surface area contributed by atoms with E-state index in [0.717, 1.165) is 6.20 Å². The van der Waals surface area contributed by atoms with Crippen LogP contribution in [0, 0.1) is 0 Å². The van der Waals surface area contributed by atoms with Crippen molar-refractivity contribution in [2.24, 2.45) is 5.10 Å². The van der Waals surface area contributed by atoms with Crippen LogP contribution in [0.1, 0.15) is 22.8 Å². The number of alkyl halides is 6. The molecule has 1 amide bonds. The van der Waals surface area contributed by atoms with Crippen molar-refractivity contribution in [2.75, 3.05) is 0 Å². The van der Waals surface area contributed by atoms with Gasteiger partial charge in [0.1, 0.15) is 5.71 Å². The molecule has 0 aliphatic carbocycles. The summed E-state index contributed by atoms with van der Waals surface area (Å²) in [5, 5.41) is 2.69.